The molecule has 0 aliphatic heterocycles. The average Bonchev–Trinajstić information content (AvgIpc) is 2.56. The standard InChI is InChI=1S/C20H16NO2/c1-14(2)20(22)23-18-11-7-10-17(12-18)19(15(3)13-21)16-8-5-4-6-9-16/h3-12,19H,1H2,2H3. The summed E-state index contributed by atoms with van der Waals surface area (Å²) in [5, 5.41) is 9.21. The summed E-state index contributed by atoms with van der Waals surface area (Å²) in [5.74, 6) is -0.484. The second kappa shape index (κ2) is 7.24. The second-order valence-electron chi connectivity index (χ2n) is 5.15. The van der Waals surface area contributed by atoms with Crippen LogP contribution in [0.5, 0.6) is 5.75 Å². The van der Waals surface area contributed by atoms with Crippen LogP contribution in [0.2, 0.25) is 0 Å². The molecule has 0 saturated carbocycles. The lowest BCUT2D eigenvalue weighted by atomic mass is 9.86. The van der Waals surface area contributed by atoms with Crippen molar-refractivity contribution in [1.29, 1.82) is 5.26 Å². The number of hydrogen-bond acceptors (Lipinski definition) is 3. The van der Waals surface area contributed by atoms with Crippen molar-refractivity contribution < 1.29 is 9.53 Å². The van der Waals surface area contributed by atoms with E-state index in [0.29, 0.717) is 11.3 Å². The van der Waals surface area contributed by atoms with Crippen molar-refractivity contribution in [3.05, 3.63) is 90.0 Å². The van der Waals surface area contributed by atoms with Gasteiger partial charge in [0.15, 0.2) is 0 Å². The van der Waals surface area contributed by atoms with E-state index >= 15 is 0 Å². The van der Waals surface area contributed by atoms with Gasteiger partial charge in [-0.05, 0) is 36.8 Å². The van der Waals surface area contributed by atoms with Crippen LogP contribution in [0.1, 0.15) is 24.0 Å². The smallest absolute Gasteiger partial charge is 0.338 e. The first-order valence-corrected chi connectivity index (χ1v) is 7.08. The van der Waals surface area contributed by atoms with Crippen molar-refractivity contribution >= 4 is 5.97 Å². The number of nitriles is 1. The Morgan fingerprint density at radius 1 is 1.17 bits per heavy atom. The van der Waals surface area contributed by atoms with E-state index in [2.05, 4.69) is 6.58 Å². The molecule has 1 atom stereocenters. The highest BCUT2D eigenvalue weighted by Gasteiger charge is 2.18. The molecule has 2 aromatic carbocycles. The van der Waals surface area contributed by atoms with Crippen LogP contribution in [-0.4, -0.2) is 5.97 Å². The molecule has 2 aromatic rings. The summed E-state index contributed by atoms with van der Waals surface area (Å²) < 4.78 is 5.24. The summed E-state index contributed by atoms with van der Waals surface area (Å²) in [6.45, 7) is 11.1. The van der Waals surface area contributed by atoms with E-state index in [1.807, 2.05) is 42.5 Å². The van der Waals surface area contributed by atoms with Gasteiger partial charge >= 0.3 is 5.97 Å². The van der Waals surface area contributed by atoms with Crippen LogP contribution in [0, 0.1) is 17.9 Å². The maximum absolute atomic E-state index is 11.6. The van der Waals surface area contributed by atoms with Crippen molar-refractivity contribution in [1.82, 2.24) is 0 Å². The molecule has 113 valence electrons. The molecule has 1 unspecified atom stereocenters. The Morgan fingerprint density at radius 3 is 2.43 bits per heavy atom. The Labute approximate surface area is 136 Å². The van der Waals surface area contributed by atoms with E-state index in [0.717, 1.165) is 11.1 Å². The molecule has 2 rings (SSSR count). The van der Waals surface area contributed by atoms with Crippen LogP contribution in [-0.2, 0) is 4.79 Å². The predicted molar refractivity (Wildman–Crippen MR) is 88.6 cm³/mol. The van der Waals surface area contributed by atoms with Crippen molar-refractivity contribution in [2.24, 2.45) is 0 Å². The molecule has 0 bridgehead atoms. The third-order valence-electron chi connectivity index (χ3n) is 3.32. The molecule has 23 heavy (non-hydrogen) atoms. The monoisotopic (exact) mass is 302 g/mol. The maximum Gasteiger partial charge on any atom is 0.338 e. The van der Waals surface area contributed by atoms with Gasteiger partial charge in [0.1, 0.15) is 5.75 Å². The van der Waals surface area contributed by atoms with Crippen LogP contribution >= 0.6 is 0 Å². The van der Waals surface area contributed by atoms with Crippen molar-refractivity contribution in [3.63, 3.8) is 0 Å². The van der Waals surface area contributed by atoms with Gasteiger partial charge in [-0.25, -0.2) is 4.79 Å². The molecule has 0 saturated heterocycles. The number of allylic oxidation sites excluding steroid dienone is 1. The lowest BCUT2D eigenvalue weighted by Crippen LogP contribution is -2.09. The number of carbonyl (C=O) groups excluding carboxylic acids is 1. The van der Waals surface area contributed by atoms with Crippen molar-refractivity contribution in [2.75, 3.05) is 0 Å². The minimum Gasteiger partial charge on any atom is -0.423 e. The molecular formula is C20H16NO2. The quantitative estimate of drug-likeness (QED) is 0.360. The number of nitrogens with zero attached hydrogens (tertiary/aromatic N) is 1. The van der Waals surface area contributed by atoms with Gasteiger partial charge in [-0.2, -0.15) is 5.26 Å². The molecule has 0 fully saturated rings. The summed E-state index contributed by atoms with van der Waals surface area (Å²) in [7, 11) is 0. The normalized spacial score (nSPS) is 11.1. The molecule has 0 aliphatic carbocycles. The lowest BCUT2D eigenvalue weighted by molar-refractivity contribution is -0.130. The summed E-state index contributed by atoms with van der Waals surface area (Å²) in [6.07, 6.45) is 0. The number of benzene rings is 2. The Morgan fingerprint density at radius 2 is 1.83 bits per heavy atom. The number of esters is 1. The van der Waals surface area contributed by atoms with Gasteiger partial charge in [0.25, 0.3) is 0 Å². The molecule has 0 aliphatic rings. The molecule has 0 aromatic heterocycles. The highest BCUT2D eigenvalue weighted by atomic mass is 16.5. The lowest BCUT2D eigenvalue weighted by Gasteiger charge is -2.17. The van der Waals surface area contributed by atoms with E-state index in [4.69, 9.17) is 11.3 Å². The van der Waals surface area contributed by atoms with E-state index in [1.54, 1.807) is 25.1 Å². The summed E-state index contributed by atoms with van der Waals surface area (Å²) in [5.41, 5.74) is 2.18. The van der Waals surface area contributed by atoms with E-state index in [-0.39, 0.29) is 11.5 Å². The van der Waals surface area contributed by atoms with Crippen molar-refractivity contribution in [3.8, 4) is 11.8 Å². The fourth-order valence-electron chi connectivity index (χ4n) is 2.21. The molecule has 0 heterocycles. The Bertz CT molecular complexity index is 785. The third-order valence-corrected chi connectivity index (χ3v) is 3.32. The molecule has 3 heteroatoms. The average molecular weight is 302 g/mol. The molecule has 0 N–H and O–H groups in total. The van der Waals surface area contributed by atoms with Gasteiger partial charge < -0.3 is 4.74 Å². The minimum atomic E-state index is -0.490. The fraction of sp³-hybridized carbons (Fsp3) is 0.100. The molecule has 3 nitrogen and oxygen atoms in total. The molecular weight excluding hydrogens is 286 g/mol. The first-order valence-electron chi connectivity index (χ1n) is 7.08. The Balaban J connectivity index is 2.41. The third kappa shape index (κ3) is 3.96. The number of rotatable bonds is 5. The van der Waals surface area contributed by atoms with Gasteiger partial charge in [-0.15, -0.1) is 0 Å². The minimum absolute atomic E-state index is 0.180. The highest BCUT2D eigenvalue weighted by molar-refractivity contribution is 5.88. The van der Waals surface area contributed by atoms with Crippen LogP contribution in [0.4, 0.5) is 0 Å². The molecule has 0 amide bonds. The van der Waals surface area contributed by atoms with Gasteiger partial charge in [0, 0.05) is 17.1 Å². The number of hydrogen-bond donors (Lipinski definition) is 0. The zero-order valence-corrected chi connectivity index (χ0v) is 12.8. The largest absolute Gasteiger partial charge is 0.423 e. The van der Waals surface area contributed by atoms with E-state index in [9.17, 15) is 10.1 Å². The number of ether oxygens (including phenoxy) is 1. The van der Waals surface area contributed by atoms with Gasteiger partial charge in [-0.3, -0.25) is 0 Å². The van der Waals surface area contributed by atoms with E-state index < -0.39 is 5.97 Å². The number of carbonyl (C=O) groups is 1. The fourth-order valence-corrected chi connectivity index (χ4v) is 2.21. The first kappa shape index (κ1) is 16.3. The summed E-state index contributed by atoms with van der Waals surface area (Å²) >= 11 is 0. The van der Waals surface area contributed by atoms with Crippen LogP contribution in [0.15, 0.2) is 72.3 Å². The topological polar surface area (TPSA) is 50.1 Å². The van der Waals surface area contributed by atoms with Gasteiger partial charge in [0.2, 0.25) is 0 Å². The van der Waals surface area contributed by atoms with Crippen LogP contribution in [0.25, 0.3) is 0 Å². The van der Waals surface area contributed by atoms with Crippen molar-refractivity contribution in [2.45, 2.75) is 12.8 Å². The van der Waals surface area contributed by atoms with E-state index in [1.165, 1.54) is 0 Å². The zero-order chi connectivity index (χ0) is 16.8. The molecule has 0 spiro atoms. The maximum atomic E-state index is 11.6. The van der Waals surface area contributed by atoms with Gasteiger partial charge in [0.05, 0.1) is 6.07 Å². The summed E-state index contributed by atoms with van der Waals surface area (Å²) in [6, 6.07) is 18.5. The Hall–Kier alpha value is -3.12. The zero-order valence-electron chi connectivity index (χ0n) is 12.8. The highest BCUT2D eigenvalue weighted by Crippen LogP contribution is 2.32. The molecule has 1 radical (unpaired) electrons. The summed E-state index contributed by atoms with van der Waals surface area (Å²) in [4.78, 5) is 11.6. The van der Waals surface area contributed by atoms with Crippen LogP contribution < -0.4 is 4.74 Å². The Kier molecular flexibility index (Phi) is 5.11. The first-order chi connectivity index (χ1) is 11.0. The SMILES string of the molecule is [CH]=C(C#N)C(c1ccccc1)c1cccc(OC(=O)C(=C)C)c1. The van der Waals surface area contributed by atoms with Gasteiger partial charge in [-0.1, -0.05) is 49.0 Å². The second-order valence-corrected chi connectivity index (χ2v) is 5.15. The van der Waals surface area contributed by atoms with Crippen LogP contribution in [0.3, 0.4) is 0 Å². The predicted octanol–water partition coefficient (Wildman–Crippen LogP) is 4.18.